The maximum Gasteiger partial charge on any atom is 0.161 e. The van der Waals surface area contributed by atoms with E-state index < -0.39 is 5.97 Å². The van der Waals surface area contributed by atoms with Crippen molar-refractivity contribution in [1.82, 2.24) is 0 Å². The summed E-state index contributed by atoms with van der Waals surface area (Å²) in [6.07, 6.45) is 0. The zero-order valence-corrected chi connectivity index (χ0v) is 7.25. The maximum absolute atomic E-state index is 8.89. The van der Waals surface area contributed by atoms with E-state index in [-0.39, 0.29) is 39.6 Å². The van der Waals surface area contributed by atoms with Crippen LogP contribution >= 0.6 is 0 Å². The number of carbonyl (C=O) groups is 1. The van der Waals surface area contributed by atoms with Gasteiger partial charge in [-0.15, -0.1) is 0 Å². The standard InChI is InChI=1S/C2H3O2.V.W/c1-2(3)4;;/h1H2,(H,3,4);;/q-1;;. The molecule has 0 unspecified atom stereocenters. The molecule has 6 heavy (non-hydrogen) atoms. The second-order valence-corrected chi connectivity index (χ2v) is 0.394. The Balaban J connectivity index is -0.0000000450. The van der Waals surface area contributed by atoms with Gasteiger partial charge in [-0.2, -0.15) is 0 Å². The van der Waals surface area contributed by atoms with Gasteiger partial charge in [0.1, 0.15) is 0 Å². The molecule has 0 aliphatic rings. The van der Waals surface area contributed by atoms with Gasteiger partial charge in [0.2, 0.25) is 0 Å². The van der Waals surface area contributed by atoms with Gasteiger partial charge in [-0.1, -0.05) is 0 Å². The van der Waals surface area contributed by atoms with Crippen LogP contribution in [0.2, 0.25) is 0 Å². The summed E-state index contributed by atoms with van der Waals surface area (Å²) in [5.41, 5.74) is 0. The molecule has 0 saturated carbocycles. The number of aliphatic carboxylic acids is 1. The van der Waals surface area contributed by atoms with Crippen molar-refractivity contribution in [2.75, 3.05) is 0 Å². The van der Waals surface area contributed by atoms with Crippen LogP contribution in [-0.4, -0.2) is 11.1 Å². The number of carboxylic acid groups (broad SMARTS) is 1. The summed E-state index contributed by atoms with van der Waals surface area (Å²) in [5.74, 6) is -1.08. The molecule has 0 spiro atoms. The molecule has 0 rings (SSSR count). The summed E-state index contributed by atoms with van der Waals surface area (Å²) in [5, 5.41) is 7.31. The van der Waals surface area contributed by atoms with Crippen LogP contribution in [0, 0.1) is 6.92 Å². The van der Waals surface area contributed by atoms with E-state index in [2.05, 4.69) is 6.92 Å². The average Bonchev–Trinajstić information content (AvgIpc) is 0.811. The molecule has 0 heterocycles. The molecule has 0 aromatic rings. The van der Waals surface area contributed by atoms with Crippen molar-refractivity contribution in [3.8, 4) is 0 Å². The molecule has 35 valence electrons. The molecule has 0 aromatic carbocycles. The molecule has 0 bridgehead atoms. The van der Waals surface area contributed by atoms with Crippen molar-refractivity contribution in [2.45, 2.75) is 0 Å². The number of hydrogen-bond acceptors (Lipinski definition) is 1. The monoisotopic (exact) mass is 294 g/mol. The molecular weight excluding hydrogens is 291 g/mol. The van der Waals surface area contributed by atoms with Crippen LogP contribution in [0.5, 0.6) is 0 Å². The SMILES string of the molecule is [CH2-]C(=O)O.[V].[W]. The molecular formula is C2H3O2VW-. The summed E-state index contributed by atoms with van der Waals surface area (Å²) >= 11 is 0. The Morgan fingerprint density at radius 1 is 1.67 bits per heavy atom. The van der Waals surface area contributed by atoms with Gasteiger partial charge in [-0.05, 0) is 0 Å². The maximum atomic E-state index is 8.89. The van der Waals surface area contributed by atoms with E-state index in [0.29, 0.717) is 0 Å². The summed E-state index contributed by atoms with van der Waals surface area (Å²) in [6, 6.07) is 0. The van der Waals surface area contributed by atoms with Gasteiger partial charge in [0, 0.05) is 39.6 Å². The first-order valence-corrected chi connectivity index (χ1v) is 0.781. The van der Waals surface area contributed by atoms with Crippen LogP contribution in [0.1, 0.15) is 0 Å². The Hall–Kier alpha value is 0.613. The largest absolute Gasteiger partial charge is 0.503 e. The molecule has 0 saturated heterocycles. The van der Waals surface area contributed by atoms with E-state index in [0.717, 1.165) is 0 Å². The predicted octanol–water partition coefficient (Wildman–Crippen LogP) is -0.0999. The topological polar surface area (TPSA) is 37.3 Å². The summed E-state index contributed by atoms with van der Waals surface area (Å²) < 4.78 is 0. The van der Waals surface area contributed by atoms with E-state index in [4.69, 9.17) is 9.90 Å². The molecule has 1 radical (unpaired) electrons. The van der Waals surface area contributed by atoms with Crippen molar-refractivity contribution in [2.24, 2.45) is 0 Å². The third-order valence-electron chi connectivity index (χ3n) is 0. The van der Waals surface area contributed by atoms with Gasteiger partial charge in [-0.25, -0.2) is 0 Å². The first-order valence-electron chi connectivity index (χ1n) is 0.781. The summed E-state index contributed by atoms with van der Waals surface area (Å²) in [7, 11) is 0. The zero-order chi connectivity index (χ0) is 3.58. The van der Waals surface area contributed by atoms with Crippen LogP contribution < -0.4 is 0 Å². The minimum absolute atomic E-state index is 0. The minimum Gasteiger partial charge on any atom is -0.503 e. The van der Waals surface area contributed by atoms with Crippen molar-refractivity contribution in [1.29, 1.82) is 0 Å². The van der Waals surface area contributed by atoms with Crippen LogP contribution in [0.25, 0.3) is 0 Å². The second kappa shape index (κ2) is 9.15. The molecule has 0 fully saturated rings. The number of rotatable bonds is 0. The van der Waals surface area contributed by atoms with Crippen LogP contribution in [-0.2, 0) is 44.4 Å². The predicted molar refractivity (Wildman–Crippen MR) is 13.0 cm³/mol. The van der Waals surface area contributed by atoms with Gasteiger partial charge < -0.3 is 5.11 Å². The Labute approximate surface area is 62.5 Å². The number of hydrogen-bond donors (Lipinski definition) is 1. The Morgan fingerprint density at radius 2 is 1.67 bits per heavy atom. The molecule has 4 heteroatoms. The summed E-state index contributed by atoms with van der Waals surface area (Å²) in [6.45, 7) is 2.56. The molecule has 1 N–H and O–H groups in total. The van der Waals surface area contributed by atoms with Crippen LogP contribution in [0.3, 0.4) is 0 Å². The van der Waals surface area contributed by atoms with E-state index in [1.807, 2.05) is 0 Å². The Kier molecular flexibility index (Phi) is 24.3. The van der Waals surface area contributed by atoms with Gasteiger partial charge in [0.25, 0.3) is 0 Å². The minimum atomic E-state index is -1.08. The molecule has 0 aliphatic heterocycles. The van der Waals surface area contributed by atoms with Gasteiger partial charge in [-0.3, -0.25) is 11.7 Å². The average molecular weight is 294 g/mol. The van der Waals surface area contributed by atoms with Gasteiger partial charge in [0.05, 0.1) is 0 Å². The smallest absolute Gasteiger partial charge is 0.161 e. The quantitative estimate of drug-likeness (QED) is 0.634. The van der Waals surface area contributed by atoms with Crippen LogP contribution in [0.15, 0.2) is 0 Å². The second-order valence-electron chi connectivity index (χ2n) is 0.394. The van der Waals surface area contributed by atoms with E-state index in [9.17, 15) is 0 Å². The van der Waals surface area contributed by atoms with Crippen molar-refractivity contribution >= 4 is 5.97 Å². The number of carboxylic acids is 1. The van der Waals surface area contributed by atoms with Crippen molar-refractivity contribution in [3.05, 3.63) is 6.92 Å². The van der Waals surface area contributed by atoms with Crippen molar-refractivity contribution < 1.29 is 49.5 Å². The van der Waals surface area contributed by atoms with E-state index in [1.54, 1.807) is 0 Å². The van der Waals surface area contributed by atoms with Gasteiger partial charge in [0.15, 0.2) is 5.97 Å². The van der Waals surface area contributed by atoms with E-state index in [1.165, 1.54) is 0 Å². The van der Waals surface area contributed by atoms with E-state index >= 15 is 0 Å². The fraction of sp³-hybridized carbons (Fsp3) is 0. The zero-order valence-electron chi connectivity index (χ0n) is 2.92. The van der Waals surface area contributed by atoms with Gasteiger partial charge >= 0.3 is 0 Å². The fourth-order valence-electron chi connectivity index (χ4n) is 0. The molecule has 0 aliphatic carbocycles. The molecule has 0 aromatic heterocycles. The third kappa shape index (κ3) is 160. The summed E-state index contributed by atoms with van der Waals surface area (Å²) in [4.78, 5) is 8.89. The first-order chi connectivity index (χ1) is 1.73. The molecule has 0 atom stereocenters. The molecule has 0 amide bonds. The normalized spacial score (nSPS) is 4.00. The Bertz CT molecular complexity index is 34.5. The third-order valence-corrected chi connectivity index (χ3v) is 0. The molecule has 2 nitrogen and oxygen atoms in total. The van der Waals surface area contributed by atoms with Crippen molar-refractivity contribution in [3.63, 3.8) is 0 Å². The fourth-order valence-corrected chi connectivity index (χ4v) is 0. The van der Waals surface area contributed by atoms with Crippen LogP contribution in [0.4, 0.5) is 0 Å². The Morgan fingerprint density at radius 3 is 1.67 bits per heavy atom. The first kappa shape index (κ1) is 16.0.